The second kappa shape index (κ2) is 6.63. The van der Waals surface area contributed by atoms with Gasteiger partial charge in [-0.3, -0.25) is 4.79 Å². The number of carbonyl (C=O) groups excluding carboxylic acids is 1. The molecule has 1 aromatic heterocycles. The standard InChI is InChI=1S/C13H13ClN2O2S/c1-19-12-4-2-9(3-5-12)13(17)15-8-11-6-10(7-14)16-18-11/h2-6H,7-8H2,1H3,(H,15,17). The molecule has 0 bridgehead atoms. The number of aromatic nitrogens is 1. The number of thioether (sulfide) groups is 1. The zero-order valence-electron chi connectivity index (χ0n) is 10.4. The van der Waals surface area contributed by atoms with Gasteiger partial charge in [-0.2, -0.15) is 0 Å². The minimum atomic E-state index is -0.142. The quantitative estimate of drug-likeness (QED) is 0.680. The van der Waals surface area contributed by atoms with Gasteiger partial charge in [0, 0.05) is 16.5 Å². The van der Waals surface area contributed by atoms with E-state index in [4.69, 9.17) is 16.1 Å². The molecule has 2 rings (SSSR count). The van der Waals surface area contributed by atoms with Gasteiger partial charge in [0.15, 0.2) is 5.76 Å². The summed E-state index contributed by atoms with van der Waals surface area (Å²) in [6.07, 6.45) is 1.99. The summed E-state index contributed by atoms with van der Waals surface area (Å²) >= 11 is 7.25. The SMILES string of the molecule is CSc1ccc(C(=O)NCc2cc(CCl)no2)cc1. The minimum Gasteiger partial charge on any atom is -0.359 e. The van der Waals surface area contributed by atoms with Gasteiger partial charge in [-0.1, -0.05) is 5.16 Å². The fourth-order valence-electron chi connectivity index (χ4n) is 1.51. The van der Waals surface area contributed by atoms with Crippen LogP contribution in [0.3, 0.4) is 0 Å². The van der Waals surface area contributed by atoms with E-state index in [1.165, 1.54) is 0 Å². The van der Waals surface area contributed by atoms with E-state index in [2.05, 4.69) is 10.5 Å². The zero-order valence-corrected chi connectivity index (χ0v) is 11.9. The van der Waals surface area contributed by atoms with E-state index in [1.54, 1.807) is 30.0 Å². The lowest BCUT2D eigenvalue weighted by Gasteiger charge is -2.03. The van der Waals surface area contributed by atoms with E-state index in [1.807, 2.05) is 18.4 Å². The van der Waals surface area contributed by atoms with Crippen LogP contribution in [0, 0.1) is 0 Å². The van der Waals surface area contributed by atoms with Gasteiger partial charge in [0.2, 0.25) is 0 Å². The molecule has 6 heteroatoms. The molecule has 100 valence electrons. The fraction of sp³-hybridized carbons (Fsp3) is 0.231. The summed E-state index contributed by atoms with van der Waals surface area (Å²) in [4.78, 5) is 13.0. The number of rotatable bonds is 5. The van der Waals surface area contributed by atoms with Crippen molar-refractivity contribution in [2.24, 2.45) is 0 Å². The van der Waals surface area contributed by atoms with E-state index in [9.17, 15) is 4.79 Å². The molecule has 19 heavy (non-hydrogen) atoms. The summed E-state index contributed by atoms with van der Waals surface area (Å²) in [5, 5.41) is 6.51. The molecule has 0 saturated heterocycles. The average Bonchev–Trinajstić information content (AvgIpc) is 2.93. The lowest BCUT2D eigenvalue weighted by Crippen LogP contribution is -2.22. The van der Waals surface area contributed by atoms with Gasteiger partial charge in [0.05, 0.1) is 18.1 Å². The predicted octanol–water partition coefficient (Wildman–Crippen LogP) is 3.07. The van der Waals surface area contributed by atoms with Crippen LogP contribution in [0.2, 0.25) is 0 Å². The third-order valence-electron chi connectivity index (χ3n) is 2.52. The Labute approximate surface area is 120 Å². The monoisotopic (exact) mass is 296 g/mol. The number of carbonyl (C=O) groups is 1. The number of amides is 1. The summed E-state index contributed by atoms with van der Waals surface area (Å²) in [7, 11) is 0. The van der Waals surface area contributed by atoms with Crippen molar-refractivity contribution < 1.29 is 9.32 Å². The fourth-order valence-corrected chi connectivity index (χ4v) is 2.05. The zero-order chi connectivity index (χ0) is 13.7. The highest BCUT2D eigenvalue weighted by atomic mass is 35.5. The van der Waals surface area contributed by atoms with Gasteiger partial charge < -0.3 is 9.84 Å². The van der Waals surface area contributed by atoms with Gasteiger partial charge in [-0.05, 0) is 30.5 Å². The molecule has 1 amide bonds. The molecular weight excluding hydrogens is 284 g/mol. The van der Waals surface area contributed by atoms with Crippen molar-refractivity contribution in [1.29, 1.82) is 0 Å². The van der Waals surface area contributed by atoms with Crippen molar-refractivity contribution in [3.05, 3.63) is 47.3 Å². The van der Waals surface area contributed by atoms with Gasteiger partial charge >= 0.3 is 0 Å². The van der Waals surface area contributed by atoms with Crippen LogP contribution in [-0.4, -0.2) is 17.3 Å². The first-order valence-electron chi connectivity index (χ1n) is 5.65. The largest absolute Gasteiger partial charge is 0.359 e. The molecule has 0 fully saturated rings. The summed E-state index contributed by atoms with van der Waals surface area (Å²) in [5.41, 5.74) is 1.28. The minimum absolute atomic E-state index is 0.142. The number of hydrogen-bond acceptors (Lipinski definition) is 4. The van der Waals surface area contributed by atoms with E-state index < -0.39 is 0 Å². The van der Waals surface area contributed by atoms with Crippen molar-refractivity contribution in [2.45, 2.75) is 17.3 Å². The molecule has 0 aliphatic heterocycles. The topological polar surface area (TPSA) is 55.1 Å². The first-order chi connectivity index (χ1) is 9.22. The van der Waals surface area contributed by atoms with Gasteiger partial charge in [-0.25, -0.2) is 0 Å². The Morgan fingerprint density at radius 1 is 1.42 bits per heavy atom. The van der Waals surface area contributed by atoms with Crippen molar-refractivity contribution in [2.75, 3.05) is 6.26 Å². The lowest BCUT2D eigenvalue weighted by atomic mass is 10.2. The smallest absolute Gasteiger partial charge is 0.251 e. The third kappa shape index (κ3) is 3.75. The number of nitrogens with zero attached hydrogens (tertiary/aromatic N) is 1. The molecule has 0 aliphatic carbocycles. The summed E-state index contributed by atoms with van der Waals surface area (Å²) in [6, 6.07) is 9.15. The summed E-state index contributed by atoms with van der Waals surface area (Å²) in [6.45, 7) is 0.299. The number of hydrogen-bond donors (Lipinski definition) is 1. The number of benzene rings is 1. The highest BCUT2D eigenvalue weighted by Crippen LogP contribution is 2.15. The summed E-state index contributed by atoms with van der Waals surface area (Å²) in [5.74, 6) is 0.745. The number of nitrogens with one attached hydrogen (secondary N) is 1. The van der Waals surface area contributed by atoms with E-state index >= 15 is 0 Å². The normalized spacial score (nSPS) is 10.4. The molecule has 0 aliphatic rings. The van der Waals surface area contributed by atoms with Crippen LogP contribution in [0.15, 0.2) is 39.8 Å². The maximum absolute atomic E-state index is 11.9. The van der Waals surface area contributed by atoms with E-state index in [0.717, 1.165) is 4.90 Å². The van der Waals surface area contributed by atoms with Crippen molar-refractivity contribution in [3.8, 4) is 0 Å². The Morgan fingerprint density at radius 3 is 2.74 bits per heavy atom. The molecule has 2 aromatic rings. The highest BCUT2D eigenvalue weighted by molar-refractivity contribution is 7.98. The van der Waals surface area contributed by atoms with Crippen LogP contribution in [0.4, 0.5) is 0 Å². The van der Waals surface area contributed by atoms with Crippen LogP contribution in [0.1, 0.15) is 21.8 Å². The molecule has 0 atom stereocenters. The van der Waals surface area contributed by atoms with Crippen molar-refractivity contribution in [3.63, 3.8) is 0 Å². The Hall–Kier alpha value is -1.46. The molecule has 0 unspecified atom stereocenters. The Morgan fingerprint density at radius 2 is 2.16 bits per heavy atom. The third-order valence-corrected chi connectivity index (χ3v) is 3.54. The van der Waals surface area contributed by atoms with Gasteiger partial charge in [-0.15, -0.1) is 23.4 Å². The maximum atomic E-state index is 11.9. The average molecular weight is 297 g/mol. The molecular formula is C13H13ClN2O2S. The van der Waals surface area contributed by atoms with Crippen LogP contribution in [0.25, 0.3) is 0 Å². The van der Waals surface area contributed by atoms with E-state index in [0.29, 0.717) is 29.4 Å². The first-order valence-corrected chi connectivity index (χ1v) is 7.41. The van der Waals surface area contributed by atoms with Gasteiger partial charge in [0.1, 0.15) is 0 Å². The Bertz CT molecular complexity index is 554. The second-order valence-electron chi connectivity index (χ2n) is 3.83. The Kier molecular flexibility index (Phi) is 4.87. The molecule has 0 saturated carbocycles. The highest BCUT2D eigenvalue weighted by Gasteiger charge is 2.08. The van der Waals surface area contributed by atoms with Crippen LogP contribution >= 0.6 is 23.4 Å². The van der Waals surface area contributed by atoms with Crippen LogP contribution in [-0.2, 0) is 12.4 Å². The Balaban J connectivity index is 1.93. The second-order valence-corrected chi connectivity index (χ2v) is 4.98. The molecule has 1 aromatic carbocycles. The van der Waals surface area contributed by atoms with E-state index in [-0.39, 0.29) is 5.91 Å². The molecule has 1 N–H and O–H groups in total. The molecule has 0 radical (unpaired) electrons. The molecule has 4 nitrogen and oxygen atoms in total. The lowest BCUT2D eigenvalue weighted by molar-refractivity contribution is 0.0947. The maximum Gasteiger partial charge on any atom is 0.251 e. The van der Waals surface area contributed by atoms with Crippen molar-refractivity contribution in [1.82, 2.24) is 10.5 Å². The van der Waals surface area contributed by atoms with Gasteiger partial charge in [0.25, 0.3) is 5.91 Å². The first kappa shape index (κ1) is 14.0. The van der Waals surface area contributed by atoms with Crippen LogP contribution in [0.5, 0.6) is 0 Å². The van der Waals surface area contributed by atoms with Crippen LogP contribution < -0.4 is 5.32 Å². The molecule has 1 heterocycles. The summed E-state index contributed by atoms with van der Waals surface area (Å²) < 4.78 is 5.03. The molecule has 0 spiro atoms. The number of halogens is 1. The predicted molar refractivity (Wildman–Crippen MR) is 75.5 cm³/mol. The van der Waals surface area contributed by atoms with Crippen molar-refractivity contribution >= 4 is 29.3 Å². The number of alkyl halides is 1.